The highest BCUT2D eigenvalue weighted by molar-refractivity contribution is 5.99. The van der Waals surface area contributed by atoms with E-state index in [-0.39, 0.29) is 5.91 Å². The van der Waals surface area contributed by atoms with Crippen LogP contribution in [0.25, 0.3) is 0 Å². The normalized spacial score (nSPS) is 13.4. The van der Waals surface area contributed by atoms with E-state index in [0.717, 1.165) is 22.7 Å². The second-order valence-electron chi connectivity index (χ2n) is 7.69. The van der Waals surface area contributed by atoms with Gasteiger partial charge in [0.25, 0.3) is 0 Å². The lowest BCUT2D eigenvalue weighted by molar-refractivity contribution is -0.120. The molecule has 1 heterocycles. The van der Waals surface area contributed by atoms with E-state index in [1.807, 2.05) is 63.4 Å². The van der Waals surface area contributed by atoms with E-state index in [0.29, 0.717) is 25.0 Å². The zero-order valence-electron chi connectivity index (χ0n) is 16.7. The molecule has 0 atom stereocenters. The smallest absolute Gasteiger partial charge is 0.234 e. The minimum atomic E-state index is -0.713. The van der Waals surface area contributed by atoms with E-state index in [1.54, 1.807) is 0 Å². The van der Waals surface area contributed by atoms with Gasteiger partial charge >= 0.3 is 0 Å². The summed E-state index contributed by atoms with van der Waals surface area (Å²) < 4.78 is 11.2. The lowest BCUT2D eigenvalue weighted by Crippen LogP contribution is -2.35. The van der Waals surface area contributed by atoms with Crippen molar-refractivity contribution in [2.24, 2.45) is 0 Å². The van der Waals surface area contributed by atoms with Crippen molar-refractivity contribution in [1.29, 1.82) is 0 Å². The first-order valence-corrected chi connectivity index (χ1v) is 9.33. The Morgan fingerprint density at radius 3 is 2.48 bits per heavy atom. The van der Waals surface area contributed by atoms with E-state index in [2.05, 4.69) is 24.1 Å². The number of anilines is 2. The maximum Gasteiger partial charge on any atom is 0.234 e. The van der Waals surface area contributed by atoms with Gasteiger partial charge in [-0.25, -0.2) is 0 Å². The SMILES string of the molecule is CC(C)N(C)c1cccc(NC(=O)C(C)(C)c2ccc3c(c2)OCCO3)c1. The highest BCUT2D eigenvalue weighted by Gasteiger charge is 2.31. The van der Waals surface area contributed by atoms with Crippen LogP contribution in [0.2, 0.25) is 0 Å². The summed E-state index contributed by atoms with van der Waals surface area (Å²) in [4.78, 5) is 15.2. The first-order valence-electron chi connectivity index (χ1n) is 9.33. The van der Waals surface area contributed by atoms with Gasteiger partial charge in [0.05, 0.1) is 5.41 Å². The van der Waals surface area contributed by atoms with Crippen LogP contribution in [0.1, 0.15) is 33.3 Å². The molecule has 1 amide bonds. The second-order valence-corrected chi connectivity index (χ2v) is 7.69. The fourth-order valence-corrected chi connectivity index (χ4v) is 2.95. The van der Waals surface area contributed by atoms with Gasteiger partial charge in [-0.1, -0.05) is 12.1 Å². The number of nitrogens with zero attached hydrogens (tertiary/aromatic N) is 1. The van der Waals surface area contributed by atoms with Gasteiger partial charge in [-0.2, -0.15) is 0 Å². The van der Waals surface area contributed by atoms with E-state index in [9.17, 15) is 4.79 Å². The van der Waals surface area contributed by atoms with Gasteiger partial charge in [0.15, 0.2) is 11.5 Å². The molecule has 1 aliphatic rings. The van der Waals surface area contributed by atoms with Crippen LogP contribution in [0.4, 0.5) is 11.4 Å². The fourth-order valence-electron chi connectivity index (χ4n) is 2.95. The van der Waals surface area contributed by atoms with Crippen LogP contribution in [-0.4, -0.2) is 32.2 Å². The van der Waals surface area contributed by atoms with Crippen LogP contribution in [0.15, 0.2) is 42.5 Å². The zero-order chi connectivity index (χ0) is 19.6. The Hall–Kier alpha value is -2.69. The van der Waals surface area contributed by atoms with Crippen molar-refractivity contribution in [3.8, 4) is 11.5 Å². The van der Waals surface area contributed by atoms with E-state index in [1.165, 1.54) is 0 Å². The van der Waals surface area contributed by atoms with Crippen LogP contribution in [0.5, 0.6) is 11.5 Å². The Morgan fingerprint density at radius 1 is 1.07 bits per heavy atom. The van der Waals surface area contributed by atoms with Crippen molar-refractivity contribution in [3.63, 3.8) is 0 Å². The van der Waals surface area contributed by atoms with Gasteiger partial charge in [-0.3, -0.25) is 4.79 Å². The summed E-state index contributed by atoms with van der Waals surface area (Å²) >= 11 is 0. The molecule has 0 bridgehead atoms. The van der Waals surface area contributed by atoms with Crippen molar-refractivity contribution in [3.05, 3.63) is 48.0 Å². The van der Waals surface area contributed by atoms with Crippen molar-refractivity contribution >= 4 is 17.3 Å². The molecule has 5 nitrogen and oxygen atoms in total. The minimum Gasteiger partial charge on any atom is -0.486 e. The number of carbonyl (C=O) groups is 1. The monoisotopic (exact) mass is 368 g/mol. The van der Waals surface area contributed by atoms with E-state index >= 15 is 0 Å². The van der Waals surface area contributed by atoms with Crippen LogP contribution in [-0.2, 0) is 10.2 Å². The van der Waals surface area contributed by atoms with Gasteiger partial charge in [0.1, 0.15) is 13.2 Å². The highest BCUT2D eigenvalue weighted by atomic mass is 16.6. The van der Waals surface area contributed by atoms with Crippen molar-refractivity contribution in [2.75, 3.05) is 30.5 Å². The topological polar surface area (TPSA) is 50.8 Å². The molecule has 0 saturated heterocycles. The number of fused-ring (bicyclic) bond motifs is 1. The number of amides is 1. The molecule has 2 aromatic carbocycles. The molecule has 0 spiro atoms. The van der Waals surface area contributed by atoms with Gasteiger partial charge in [-0.05, 0) is 63.6 Å². The largest absolute Gasteiger partial charge is 0.486 e. The fraction of sp³-hybridized carbons (Fsp3) is 0.409. The van der Waals surface area contributed by atoms with Crippen LogP contribution in [0.3, 0.4) is 0 Å². The summed E-state index contributed by atoms with van der Waals surface area (Å²) in [6.07, 6.45) is 0. The third-order valence-electron chi connectivity index (χ3n) is 5.12. The van der Waals surface area contributed by atoms with Crippen LogP contribution in [0, 0.1) is 0 Å². The lowest BCUT2D eigenvalue weighted by atomic mass is 9.83. The second kappa shape index (κ2) is 7.51. The molecule has 144 valence electrons. The first kappa shape index (κ1) is 19.1. The molecule has 0 unspecified atom stereocenters. The zero-order valence-corrected chi connectivity index (χ0v) is 16.7. The van der Waals surface area contributed by atoms with E-state index < -0.39 is 5.41 Å². The summed E-state index contributed by atoms with van der Waals surface area (Å²) in [7, 11) is 2.05. The van der Waals surface area contributed by atoms with Crippen molar-refractivity contribution in [1.82, 2.24) is 0 Å². The average molecular weight is 368 g/mol. The van der Waals surface area contributed by atoms with Gasteiger partial charge < -0.3 is 19.7 Å². The number of benzene rings is 2. The molecule has 1 aliphatic heterocycles. The summed E-state index contributed by atoms with van der Waals surface area (Å²) in [5.74, 6) is 1.36. The summed E-state index contributed by atoms with van der Waals surface area (Å²) in [5, 5.41) is 3.06. The first-order chi connectivity index (χ1) is 12.8. The Bertz CT molecular complexity index is 830. The molecule has 0 fully saturated rings. The van der Waals surface area contributed by atoms with Crippen LogP contribution < -0.4 is 19.7 Å². The Morgan fingerprint density at radius 2 is 1.78 bits per heavy atom. The third kappa shape index (κ3) is 4.02. The number of hydrogen-bond donors (Lipinski definition) is 1. The predicted molar refractivity (Wildman–Crippen MR) is 109 cm³/mol. The predicted octanol–water partition coefficient (Wildman–Crippen LogP) is 4.22. The quantitative estimate of drug-likeness (QED) is 0.859. The van der Waals surface area contributed by atoms with Crippen molar-refractivity contribution in [2.45, 2.75) is 39.2 Å². The van der Waals surface area contributed by atoms with E-state index in [4.69, 9.17) is 9.47 Å². The number of ether oxygens (including phenoxy) is 2. The number of nitrogens with one attached hydrogen (secondary N) is 1. The third-order valence-corrected chi connectivity index (χ3v) is 5.12. The molecule has 27 heavy (non-hydrogen) atoms. The Balaban J connectivity index is 1.80. The molecule has 5 heteroatoms. The molecule has 0 aliphatic carbocycles. The number of rotatable bonds is 5. The maximum absolute atomic E-state index is 13.0. The Kier molecular flexibility index (Phi) is 5.31. The van der Waals surface area contributed by atoms with Gasteiger partial charge in [-0.15, -0.1) is 0 Å². The molecule has 0 aromatic heterocycles. The summed E-state index contributed by atoms with van der Waals surface area (Å²) in [6.45, 7) is 9.18. The lowest BCUT2D eigenvalue weighted by Gasteiger charge is -2.27. The summed E-state index contributed by atoms with van der Waals surface area (Å²) in [6, 6.07) is 14.0. The number of carbonyl (C=O) groups excluding carboxylic acids is 1. The van der Waals surface area contributed by atoms with Gasteiger partial charge in [0, 0.05) is 24.5 Å². The standard InChI is InChI=1S/C22H28N2O3/c1-15(2)24(5)18-8-6-7-17(14-18)23-21(25)22(3,4)16-9-10-19-20(13-16)27-12-11-26-19/h6-10,13-15H,11-12H2,1-5H3,(H,23,25). The number of hydrogen-bond acceptors (Lipinski definition) is 4. The van der Waals surface area contributed by atoms with Crippen LogP contribution >= 0.6 is 0 Å². The molecule has 1 N–H and O–H groups in total. The van der Waals surface area contributed by atoms with Gasteiger partial charge in [0.2, 0.25) is 5.91 Å². The maximum atomic E-state index is 13.0. The molecular formula is C22H28N2O3. The molecular weight excluding hydrogens is 340 g/mol. The summed E-state index contributed by atoms with van der Waals surface area (Å²) in [5.41, 5.74) is 2.03. The molecule has 2 aromatic rings. The molecule has 3 rings (SSSR count). The molecule has 0 radical (unpaired) electrons. The Labute approximate surface area is 161 Å². The highest BCUT2D eigenvalue weighted by Crippen LogP contribution is 2.35. The average Bonchev–Trinajstić information content (AvgIpc) is 2.67. The van der Waals surface area contributed by atoms with Crippen molar-refractivity contribution < 1.29 is 14.3 Å². The minimum absolute atomic E-state index is 0.0662. The molecule has 0 saturated carbocycles.